The van der Waals surface area contributed by atoms with Gasteiger partial charge in [0.2, 0.25) is 5.91 Å². The molecule has 4 aromatic rings. The first kappa shape index (κ1) is 29.2. The number of carboxylic acid groups (broad SMARTS) is 2. The Kier molecular flexibility index (Phi) is 8.95. The fourth-order valence-corrected chi connectivity index (χ4v) is 4.27. The quantitative estimate of drug-likeness (QED) is 0.126. The lowest BCUT2D eigenvalue weighted by atomic mass is 10.1. The van der Waals surface area contributed by atoms with E-state index in [2.05, 4.69) is 25.9 Å². The maximum atomic E-state index is 12.0. The van der Waals surface area contributed by atoms with E-state index < -0.39 is 30.3 Å². The number of nitrogens with two attached hydrogens (primary N) is 1. The zero-order valence-electron chi connectivity index (χ0n) is 21.4. The van der Waals surface area contributed by atoms with Crippen molar-refractivity contribution in [1.82, 2.24) is 9.97 Å². The van der Waals surface area contributed by atoms with Crippen molar-refractivity contribution in [3.63, 3.8) is 0 Å². The molecule has 0 bridgehead atoms. The van der Waals surface area contributed by atoms with Crippen molar-refractivity contribution in [2.24, 2.45) is 5.73 Å². The summed E-state index contributed by atoms with van der Waals surface area (Å²) in [6, 6.07) is 13.3. The van der Waals surface area contributed by atoms with Crippen LogP contribution in [-0.4, -0.2) is 44.1 Å². The summed E-state index contributed by atoms with van der Waals surface area (Å²) >= 11 is 12.4. The van der Waals surface area contributed by atoms with Crippen molar-refractivity contribution in [3.8, 4) is 11.3 Å². The molecule has 7 N–H and O–H groups in total. The van der Waals surface area contributed by atoms with Crippen LogP contribution in [0.2, 0.25) is 10.0 Å². The van der Waals surface area contributed by atoms with Crippen molar-refractivity contribution in [1.29, 1.82) is 0 Å². The number of aryl methyl sites for hydroxylation is 1. The fourth-order valence-electron chi connectivity index (χ4n) is 3.88. The number of aromatic carboxylic acids is 1. The third-order valence-electron chi connectivity index (χ3n) is 5.76. The van der Waals surface area contributed by atoms with Crippen LogP contribution in [0.5, 0.6) is 0 Å². The number of nitrogens with zero attached hydrogens (tertiary/aromatic N) is 2. The summed E-state index contributed by atoms with van der Waals surface area (Å²) in [5, 5.41) is 28.7. The van der Waals surface area contributed by atoms with E-state index in [1.807, 2.05) is 0 Å². The number of para-hydroxylation sites is 1. The summed E-state index contributed by atoms with van der Waals surface area (Å²) in [5.41, 5.74) is 6.45. The highest BCUT2D eigenvalue weighted by atomic mass is 35.5. The van der Waals surface area contributed by atoms with E-state index >= 15 is 0 Å². The van der Waals surface area contributed by atoms with Gasteiger partial charge < -0.3 is 36.3 Å². The molecule has 4 rings (SSSR count). The first-order valence-corrected chi connectivity index (χ1v) is 12.8. The number of carbonyl (C=O) groups is 3. The van der Waals surface area contributed by atoms with Crippen LogP contribution in [0.25, 0.3) is 11.3 Å². The van der Waals surface area contributed by atoms with Crippen LogP contribution in [0.1, 0.15) is 28.4 Å². The van der Waals surface area contributed by atoms with Crippen molar-refractivity contribution >= 4 is 64.1 Å². The lowest BCUT2D eigenvalue weighted by Crippen LogP contribution is -2.37. The highest BCUT2D eigenvalue weighted by Gasteiger charge is 2.24. The SMILES string of the molecule is Cc1nc(Nc2ccccc2C(=O)O)c(NCc2ccc(-c3cc(Cl)ccc3Cl)o2)c(NC(CC(=O)O)C(N)=O)n1. The minimum absolute atomic E-state index is 0.0146. The molecule has 0 aliphatic rings. The van der Waals surface area contributed by atoms with Crippen LogP contribution < -0.4 is 21.7 Å². The highest BCUT2D eigenvalue weighted by Crippen LogP contribution is 2.34. The molecule has 1 unspecified atom stereocenters. The van der Waals surface area contributed by atoms with Crippen molar-refractivity contribution in [2.45, 2.75) is 25.9 Å². The van der Waals surface area contributed by atoms with E-state index in [0.29, 0.717) is 27.1 Å². The van der Waals surface area contributed by atoms with Gasteiger partial charge in [-0.05, 0) is 49.4 Å². The zero-order valence-corrected chi connectivity index (χ0v) is 23.0. The predicted molar refractivity (Wildman–Crippen MR) is 154 cm³/mol. The number of primary amides is 1. The molecule has 0 spiro atoms. The second-order valence-electron chi connectivity index (χ2n) is 8.76. The van der Waals surface area contributed by atoms with Gasteiger partial charge in [0.1, 0.15) is 29.1 Å². The number of amides is 1. The highest BCUT2D eigenvalue weighted by molar-refractivity contribution is 6.35. The topological polar surface area (TPSA) is 193 Å². The molecule has 41 heavy (non-hydrogen) atoms. The lowest BCUT2D eigenvalue weighted by molar-refractivity contribution is -0.138. The maximum absolute atomic E-state index is 12.0. The molecule has 2 aromatic heterocycles. The Balaban J connectivity index is 1.72. The number of aromatic nitrogens is 2. The average molecular weight is 599 g/mol. The summed E-state index contributed by atoms with van der Waals surface area (Å²) in [5.74, 6) is -1.94. The van der Waals surface area contributed by atoms with E-state index in [4.69, 9.17) is 33.4 Å². The number of hydrogen-bond acceptors (Lipinski definition) is 9. The average Bonchev–Trinajstić information content (AvgIpc) is 3.38. The molecule has 0 aliphatic carbocycles. The minimum Gasteiger partial charge on any atom is -0.481 e. The molecule has 0 fully saturated rings. The van der Waals surface area contributed by atoms with Crippen molar-refractivity contribution in [3.05, 3.63) is 81.8 Å². The van der Waals surface area contributed by atoms with Gasteiger partial charge in [0.25, 0.3) is 0 Å². The Labute approximate surface area is 243 Å². The molecule has 0 saturated carbocycles. The number of anilines is 4. The first-order chi connectivity index (χ1) is 19.5. The smallest absolute Gasteiger partial charge is 0.337 e. The van der Waals surface area contributed by atoms with Gasteiger partial charge in [0, 0.05) is 10.6 Å². The van der Waals surface area contributed by atoms with Gasteiger partial charge >= 0.3 is 11.9 Å². The van der Waals surface area contributed by atoms with E-state index in [-0.39, 0.29) is 40.9 Å². The van der Waals surface area contributed by atoms with Crippen LogP contribution >= 0.6 is 23.2 Å². The lowest BCUT2D eigenvalue weighted by Gasteiger charge is -2.21. The van der Waals surface area contributed by atoms with Crippen molar-refractivity contribution in [2.75, 3.05) is 16.0 Å². The van der Waals surface area contributed by atoms with Crippen LogP contribution in [0.15, 0.2) is 59.0 Å². The van der Waals surface area contributed by atoms with E-state index in [9.17, 15) is 24.6 Å². The molecule has 12 nitrogen and oxygen atoms in total. The van der Waals surface area contributed by atoms with Crippen LogP contribution in [0.4, 0.5) is 23.0 Å². The number of carbonyl (C=O) groups excluding carboxylic acids is 1. The van der Waals surface area contributed by atoms with Gasteiger partial charge in [0.05, 0.1) is 29.2 Å². The molecule has 14 heteroatoms. The van der Waals surface area contributed by atoms with E-state index in [0.717, 1.165) is 0 Å². The van der Waals surface area contributed by atoms with E-state index in [1.165, 1.54) is 6.07 Å². The van der Waals surface area contributed by atoms with Crippen LogP contribution in [0, 0.1) is 6.92 Å². The Morgan fingerprint density at radius 3 is 2.46 bits per heavy atom. The third kappa shape index (κ3) is 7.24. The molecule has 1 atom stereocenters. The molecular weight excluding hydrogens is 575 g/mol. The van der Waals surface area contributed by atoms with E-state index in [1.54, 1.807) is 55.5 Å². The molecule has 212 valence electrons. The van der Waals surface area contributed by atoms with Gasteiger partial charge in [-0.25, -0.2) is 14.8 Å². The fraction of sp³-hybridized carbons (Fsp3) is 0.148. The van der Waals surface area contributed by atoms with Crippen molar-refractivity contribution < 1.29 is 29.0 Å². The van der Waals surface area contributed by atoms with Crippen LogP contribution in [-0.2, 0) is 16.1 Å². The Bertz CT molecular complexity index is 1630. The molecule has 0 radical (unpaired) electrons. The van der Waals surface area contributed by atoms with Gasteiger partial charge in [-0.15, -0.1) is 0 Å². The Morgan fingerprint density at radius 1 is 1.02 bits per heavy atom. The molecule has 2 heterocycles. The number of rotatable bonds is 12. The summed E-state index contributed by atoms with van der Waals surface area (Å²) in [4.78, 5) is 43.9. The molecule has 2 aromatic carbocycles. The Morgan fingerprint density at radius 2 is 1.76 bits per heavy atom. The minimum atomic E-state index is -1.30. The number of furan rings is 1. The number of carboxylic acids is 2. The van der Waals surface area contributed by atoms with Crippen LogP contribution in [0.3, 0.4) is 0 Å². The molecular formula is C27H24Cl2N6O6. The Hall–Kier alpha value is -4.81. The largest absolute Gasteiger partial charge is 0.481 e. The second-order valence-corrected chi connectivity index (χ2v) is 9.60. The molecule has 0 saturated heterocycles. The molecule has 1 amide bonds. The maximum Gasteiger partial charge on any atom is 0.337 e. The number of hydrogen-bond donors (Lipinski definition) is 6. The summed E-state index contributed by atoms with van der Waals surface area (Å²) < 4.78 is 5.95. The van der Waals surface area contributed by atoms with Gasteiger partial charge in [0.15, 0.2) is 11.6 Å². The first-order valence-electron chi connectivity index (χ1n) is 12.1. The summed E-state index contributed by atoms with van der Waals surface area (Å²) in [6.45, 7) is 1.65. The monoisotopic (exact) mass is 598 g/mol. The zero-order chi connectivity index (χ0) is 29.7. The molecule has 0 aliphatic heterocycles. The normalized spacial score (nSPS) is 11.5. The summed E-state index contributed by atoms with van der Waals surface area (Å²) in [7, 11) is 0. The standard InChI is InChI=1S/C27H24Cl2N6O6/c1-13-32-25(34-19-5-3-2-4-16(19)27(39)40)23(26(33-13)35-20(24(30)38)11-22(36)37)31-12-15-7-9-21(41-15)17-10-14(28)6-8-18(17)29/h2-10,20,31H,11-12H2,1H3,(H2,30,38)(H,36,37)(H,39,40)(H2,32,33,34,35). The summed E-state index contributed by atoms with van der Waals surface area (Å²) in [6.07, 6.45) is -0.607. The second kappa shape index (κ2) is 12.6. The number of nitrogens with one attached hydrogen (secondary N) is 3. The third-order valence-corrected chi connectivity index (χ3v) is 6.32. The number of halogens is 2. The van der Waals surface area contributed by atoms with Gasteiger partial charge in [-0.2, -0.15) is 0 Å². The van der Waals surface area contributed by atoms with Gasteiger partial charge in [-0.3, -0.25) is 9.59 Å². The number of aliphatic carboxylic acids is 1. The predicted octanol–water partition coefficient (Wildman–Crippen LogP) is 5.15. The van der Waals surface area contributed by atoms with Gasteiger partial charge in [-0.1, -0.05) is 35.3 Å². The number of benzene rings is 2.